The van der Waals surface area contributed by atoms with Crippen LogP contribution in [0.3, 0.4) is 0 Å². The molecule has 196 valence electrons. The van der Waals surface area contributed by atoms with E-state index in [1.54, 1.807) is 29.3 Å². The quantitative estimate of drug-likeness (QED) is 0.367. The summed E-state index contributed by atoms with van der Waals surface area (Å²) in [5.41, 5.74) is 2.72. The third-order valence-corrected chi connectivity index (χ3v) is 7.49. The molecule has 0 aliphatic carbocycles. The van der Waals surface area contributed by atoms with Gasteiger partial charge < -0.3 is 19.4 Å². The van der Waals surface area contributed by atoms with Crippen LogP contribution in [0, 0.1) is 0 Å². The van der Waals surface area contributed by atoms with E-state index in [4.69, 9.17) is 9.47 Å². The predicted molar refractivity (Wildman–Crippen MR) is 139 cm³/mol. The number of pyridine rings is 1. The number of fused-ring (bicyclic) bond motifs is 1. The van der Waals surface area contributed by atoms with Crippen LogP contribution in [0.25, 0.3) is 22.6 Å². The van der Waals surface area contributed by atoms with E-state index in [-0.39, 0.29) is 17.3 Å². The monoisotopic (exact) mass is 534 g/mol. The number of nitrogens with one attached hydrogen (secondary N) is 1. The molecular formula is C27H26N4O6S. The fourth-order valence-electron chi connectivity index (χ4n) is 4.67. The highest BCUT2D eigenvalue weighted by Crippen LogP contribution is 2.42. The molecule has 0 saturated carbocycles. The zero-order valence-electron chi connectivity index (χ0n) is 21.0. The summed E-state index contributed by atoms with van der Waals surface area (Å²) < 4.78 is 35.4. The van der Waals surface area contributed by atoms with Gasteiger partial charge in [0.15, 0.2) is 15.7 Å². The maximum atomic E-state index is 12.6. The summed E-state index contributed by atoms with van der Waals surface area (Å²) in [5, 5.41) is 0. The molecule has 1 saturated heterocycles. The van der Waals surface area contributed by atoms with Gasteiger partial charge in [-0.05, 0) is 42.5 Å². The number of aromatic amines is 1. The molecule has 4 aromatic rings. The molecule has 5 rings (SSSR count). The second-order valence-electron chi connectivity index (χ2n) is 9.21. The van der Waals surface area contributed by atoms with E-state index in [2.05, 4.69) is 15.0 Å². The van der Waals surface area contributed by atoms with Gasteiger partial charge in [0.2, 0.25) is 5.91 Å². The summed E-state index contributed by atoms with van der Waals surface area (Å²) in [4.78, 5) is 38.4. The number of carbonyl (C=O) groups excluding carboxylic acids is 2. The van der Waals surface area contributed by atoms with Crippen LogP contribution < -0.4 is 4.74 Å². The van der Waals surface area contributed by atoms with Crippen LogP contribution in [0.2, 0.25) is 0 Å². The largest absolute Gasteiger partial charge is 0.461 e. The topological polar surface area (TPSA) is 132 Å². The molecule has 11 heteroatoms. The number of H-pyrrole nitrogens is 1. The van der Waals surface area contributed by atoms with Gasteiger partial charge in [-0.3, -0.25) is 14.6 Å². The second-order valence-corrected chi connectivity index (χ2v) is 11.2. The summed E-state index contributed by atoms with van der Waals surface area (Å²) in [6, 6.07) is 14.9. The minimum Gasteiger partial charge on any atom is -0.461 e. The average Bonchev–Trinajstić information content (AvgIpc) is 3.47. The number of ether oxygens (including phenoxy) is 2. The van der Waals surface area contributed by atoms with Crippen LogP contribution in [0.4, 0.5) is 0 Å². The maximum absolute atomic E-state index is 12.6. The van der Waals surface area contributed by atoms with E-state index in [1.165, 1.54) is 26.0 Å². The molecule has 1 aliphatic heterocycles. The van der Waals surface area contributed by atoms with Crippen LogP contribution >= 0.6 is 0 Å². The lowest BCUT2D eigenvalue weighted by atomic mass is 10.0. The zero-order chi connectivity index (χ0) is 27.0. The Morgan fingerprint density at radius 3 is 2.47 bits per heavy atom. The van der Waals surface area contributed by atoms with Gasteiger partial charge in [0, 0.05) is 44.4 Å². The molecule has 3 heterocycles. The number of esters is 1. The predicted octanol–water partition coefficient (Wildman–Crippen LogP) is 4.05. The second kappa shape index (κ2) is 9.90. The number of amides is 1. The van der Waals surface area contributed by atoms with E-state index in [9.17, 15) is 18.0 Å². The first-order valence-corrected chi connectivity index (χ1v) is 13.8. The van der Waals surface area contributed by atoms with Gasteiger partial charge in [-0.15, -0.1) is 0 Å². The van der Waals surface area contributed by atoms with Crippen LogP contribution in [0.5, 0.6) is 11.5 Å². The van der Waals surface area contributed by atoms with E-state index in [1.807, 2.05) is 24.3 Å². The third-order valence-electron chi connectivity index (χ3n) is 6.36. The molecule has 38 heavy (non-hydrogen) atoms. The van der Waals surface area contributed by atoms with E-state index >= 15 is 0 Å². The van der Waals surface area contributed by atoms with E-state index in [0.717, 1.165) is 11.8 Å². The number of nitrogens with zero attached hydrogens (tertiary/aromatic N) is 3. The Hall–Kier alpha value is -4.25. The maximum Gasteiger partial charge on any atom is 0.302 e. The van der Waals surface area contributed by atoms with Crippen LogP contribution in [-0.2, 0) is 24.2 Å². The van der Waals surface area contributed by atoms with Crippen molar-refractivity contribution in [2.24, 2.45) is 0 Å². The Bertz CT molecular complexity index is 1620. The van der Waals surface area contributed by atoms with Crippen molar-refractivity contribution in [2.75, 3.05) is 12.8 Å². The minimum atomic E-state index is -3.36. The summed E-state index contributed by atoms with van der Waals surface area (Å²) in [5.74, 6) is 0.872. The van der Waals surface area contributed by atoms with Gasteiger partial charge in [-0.25, -0.2) is 13.4 Å². The number of aromatic nitrogens is 3. The minimum absolute atomic E-state index is 0.160. The van der Waals surface area contributed by atoms with Crippen molar-refractivity contribution in [1.29, 1.82) is 0 Å². The van der Waals surface area contributed by atoms with Crippen molar-refractivity contribution in [3.05, 3.63) is 66.4 Å². The van der Waals surface area contributed by atoms with E-state index < -0.39 is 28.0 Å². The number of carbonyl (C=O) groups is 2. The Labute approximate surface area is 219 Å². The molecule has 1 N–H and O–H groups in total. The van der Waals surface area contributed by atoms with Gasteiger partial charge in [0.1, 0.15) is 23.3 Å². The summed E-state index contributed by atoms with van der Waals surface area (Å²) in [6.07, 6.45) is 2.77. The molecule has 2 aromatic heterocycles. The highest BCUT2D eigenvalue weighted by molar-refractivity contribution is 7.90. The third kappa shape index (κ3) is 5.23. The first-order valence-electron chi connectivity index (χ1n) is 12.0. The molecule has 0 unspecified atom stereocenters. The summed E-state index contributed by atoms with van der Waals surface area (Å²) >= 11 is 0. The normalized spacial score (nSPS) is 17.5. The SMILES string of the molecule is CC(=O)O[C@H]1C[C@H](c2cc3[nH]c(-c4ccccn4)nc3cc2Oc2ccc(S(C)(=O)=O)cc2)N(C(C)=O)C1. The number of sulfone groups is 1. The number of likely N-dealkylation sites (tertiary alicyclic amines) is 1. The van der Waals surface area contributed by atoms with Gasteiger partial charge >= 0.3 is 5.97 Å². The molecule has 0 spiro atoms. The molecule has 1 fully saturated rings. The Balaban J connectivity index is 1.60. The number of hydrogen-bond donors (Lipinski definition) is 1. The first-order chi connectivity index (χ1) is 18.1. The summed E-state index contributed by atoms with van der Waals surface area (Å²) in [6.45, 7) is 3.08. The fraction of sp³-hybridized carbons (Fsp3) is 0.259. The lowest BCUT2D eigenvalue weighted by Crippen LogP contribution is -2.30. The lowest BCUT2D eigenvalue weighted by Gasteiger charge is -2.25. The van der Waals surface area contributed by atoms with Crippen LogP contribution in [0.1, 0.15) is 31.9 Å². The van der Waals surface area contributed by atoms with Crippen LogP contribution in [0.15, 0.2) is 65.7 Å². The highest BCUT2D eigenvalue weighted by Gasteiger charge is 2.38. The van der Waals surface area contributed by atoms with Crippen molar-refractivity contribution in [2.45, 2.75) is 37.3 Å². The van der Waals surface area contributed by atoms with Crippen molar-refractivity contribution >= 4 is 32.7 Å². The Morgan fingerprint density at radius 1 is 1.08 bits per heavy atom. The molecule has 1 amide bonds. The first kappa shape index (κ1) is 25.4. The van der Waals surface area contributed by atoms with Gasteiger partial charge in [0.05, 0.1) is 28.5 Å². The van der Waals surface area contributed by atoms with Gasteiger partial charge in [0.25, 0.3) is 0 Å². The van der Waals surface area contributed by atoms with Gasteiger partial charge in [-0.1, -0.05) is 6.07 Å². The lowest BCUT2D eigenvalue weighted by molar-refractivity contribution is -0.146. The van der Waals surface area contributed by atoms with Crippen molar-refractivity contribution < 1.29 is 27.5 Å². The standard InChI is InChI=1S/C27H26N4O6S/c1-16(32)31-15-19(36-17(2)33)12-25(31)21-13-23-24(30-27(29-23)22-6-4-5-11-28-22)14-26(21)37-18-7-9-20(10-8-18)38(3,34)35/h4-11,13-14,19,25H,12,15H2,1-3H3,(H,29,30)/t19-,25+/m0/s1. The Kier molecular flexibility index (Phi) is 6.62. The van der Waals surface area contributed by atoms with Crippen molar-refractivity contribution in [3.8, 4) is 23.0 Å². The zero-order valence-corrected chi connectivity index (χ0v) is 21.9. The van der Waals surface area contributed by atoms with E-state index in [0.29, 0.717) is 40.5 Å². The molecule has 0 bridgehead atoms. The van der Waals surface area contributed by atoms with Crippen molar-refractivity contribution in [1.82, 2.24) is 19.9 Å². The number of rotatable bonds is 6. The molecular weight excluding hydrogens is 508 g/mol. The molecule has 0 radical (unpaired) electrons. The number of imidazole rings is 1. The Morgan fingerprint density at radius 2 is 1.84 bits per heavy atom. The number of benzene rings is 2. The molecule has 1 aliphatic rings. The molecule has 2 atom stereocenters. The highest BCUT2D eigenvalue weighted by atomic mass is 32.2. The molecule has 10 nitrogen and oxygen atoms in total. The number of hydrogen-bond acceptors (Lipinski definition) is 8. The van der Waals surface area contributed by atoms with Crippen molar-refractivity contribution in [3.63, 3.8) is 0 Å². The fourth-order valence-corrected chi connectivity index (χ4v) is 5.30. The summed E-state index contributed by atoms with van der Waals surface area (Å²) in [7, 11) is -3.36. The average molecular weight is 535 g/mol. The van der Waals surface area contributed by atoms with Crippen LogP contribution in [-0.4, -0.2) is 59.1 Å². The molecule has 2 aromatic carbocycles. The van der Waals surface area contributed by atoms with Gasteiger partial charge in [-0.2, -0.15) is 0 Å². The smallest absolute Gasteiger partial charge is 0.302 e.